The minimum atomic E-state index is 0.673. The Morgan fingerprint density at radius 2 is 2.29 bits per heavy atom. The normalized spacial score (nSPS) is 10.4. The van der Waals surface area contributed by atoms with E-state index in [1.54, 1.807) is 6.20 Å². The van der Waals surface area contributed by atoms with Gasteiger partial charge < -0.3 is 0 Å². The molecule has 0 saturated heterocycles. The zero-order valence-electron chi connectivity index (χ0n) is 7.27. The number of thioether (sulfide) groups is 1. The molecule has 14 heavy (non-hydrogen) atoms. The highest BCUT2D eigenvalue weighted by Crippen LogP contribution is 2.29. The summed E-state index contributed by atoms with van der Waals surface area (Å²) in [5, 5.41) is 8.41. The van der Waals surface area contributed by atoms with Crippen LogP contribution in [0.3, 0.4) is 0 Å². The van der Waals surface area contributed by atoms with E-state index in [2.05, 4.69) is 15.2 Å². The van der Waals surface area contributed by atoms with E-state index in [1.165, 1.54) is 23.1 Å². The minimum absolute atomic E-state index is 0.673. The van der Waals surface area contributed by atoms with Crippen LogP contribution in [-0.4, -0.2) is 21.4 Å². The lowest BCUT2D eigenvalue weighted by atomic mass is 10.4. The Morgan fingerprint density at radius 3 is 2.93 bits per heavy atom. The maximum atomic E-state index is 5.83. The highest BCUT2D eigenvalue weighted by atomic mass is 35.5. The van der Waals surface area contributed by atoms with Crippen LogP contribution in [0.1, 0.15) is 0 Å². The van der Waals surface area contributed by atoms with Crippen LogP contribution in [0.15, 0.2) is 23.5 Å². The van der Waals surface area contributed by atoms with Crippen LogP contribution in [0.2, 0.25) is 4.34 Å². The van der Waals surface area contributed by atoms with Crippen molar-refractivity contribution in [2.75, 3.05) is 6.26 Å². The minimum Gasteiger partial charge on any atom is -0.219 e. The first-order valence-corrected chi connectivity index (χ1v) is 6.21. The average Bonchev–Trinajstić information content (AvgIpc) is 2.65. The Kier molecular flexibility index (Phi) is 3.00. The average molecular weight is 244 g/mol. The van der Waals surface area contributed by atoms with Crippen LogP contribution in [0.5, 0.6) is 0 Å². The molecule has 0 unspecified atom stereocenters. The second-order valence-corrected chi connectivity index (χ2v) is 4.92. The number of nitrogens with zero attached hydrogens (tertiary/aromatic N) is 3. The molecule has 0 radical (unpaired) electrons. The van der Waals surface area contributed by atoms with E-state index in [0.717, 1.165) is 14.9 Å². The number of aromatic nitrogens is 3. The summed E-state index contributed by atoms with van der Waals surface area (Å²) in [6.07, 6.45) is 3.56. The van der Waals surface area contributed by atoms with Gasteiger partial charge in [0.25, 0.3) is 0 Å². The summed E-state index contributed by atoms with van der Waals surface area (Å²) in [4.78, 5) is 5.33. The standard InChI is InChI=1S/C8H6ClN3S2/c1-13-8-11-5(4-10-12-8)6-2-3-7(9)14-6/h2-4H,1H3. The van der Waals surface area contributed by atoms with Crippen LogP contribution in [0, 0.1) is 0 Å². The van der Waals surface area contributed by atoms with Gasteiger partial charge in [-0.15, -0.1) is 16.4 Å². The molecule has 2 heterocycles. The lowest BCUT2D eigenvalue weighted by molar-refractivity contribution is 0.847. The molecule has 0 aliphatic rings. The Bertz CT molecular complexity index is 444. The van der Waals surface area contributed by atoms with Gasteiger partial charge in [0.15, 0.2) is 0 Å². The molecule has 0 N–H and O–H groups in total. The van der Waals surface area contributed by atoms with Crippen molar-refractivity contribution in [3.63, 3.8) is 0 Å². The van der Waals surface area contributed by atoms with E-state index in [1.807, 2.05) is 18.4 Å². The zero-order valence-corrected chi connectivity index (χ0v) is 9.66. The highest BCUT2D eigenvalue weighted by molar-refractivity contribution is 7.98. The summed E-state index contributed by atoms with van der Waals surface area (Å²) in [6, 6.07) is 3.78. The molecule has 0 aromatic carbocycles. The van der Waals surface area contributed by atoms with Gasteiger partial charge in [-0.1, -0.05) is 23.4 Å². The fourth-order valence-electron chi connectivity index (χ4n) is 0.944. The predicted molar refractivity (Wildman–Crippen MR) is 59.9 cm³/mol. The summed E-state index contributed by atoms with van der Waals surface area (Å²) in [6.45, 7) is 0. The molecule has 2 aromatic rings. The monoisotopic (exact) mass is 243 g/mol. The second-order valence-electron chi connectivity index (χ2n) is 2.43. The van der Waals surface area contributed by atoms with Crippen LogP contribution in [-0.2, 0) is 0 Å². The first-order chi connectivity index (χ1) is 6.79. The van der Waals surface area contributed by atoms with Crippen LogP contribution >= 0.6 is 34.7 Å². The van der Waals surface area contributed by atoms with E-state index >= 15 is 0 Å². The predicted octanol–water partition coefficient (Wildman–Crippen LogP) is 2.98. The largest absolute Gasteiger partial charge is 0.219 e. The van der Waals surface area contributed by atoms with E-state index in [-0.39, 0.29) is 0 Å². The third kappa shape index (κ3) is 2.05. The van der Waals surface area contributed by atoms with Gasteiger partial charge in [-0.3, -0.25) is 0 Å². The van der Waals surface area contributed by atoms with Crippen LogP contribution < -0.4 is 0 Å². The van der Waals surface area contributed by atoms with Gasteiger partial charge in [0.2, 0.25) is 5.16 Å². The van der Waals surface area contributed by atoms with E-state index in [4.69, 9.17) is 11.6 Å². The van der Waals surface area contributed by atoms with Crippen molar-refractivity contribution in [1.82, 2.24) is 15.2 Å². The molecule has 0 aliphatic heterocycles. The van der Waals surface area contributed by atoms with Gasteiger partial charge in [-0.25, -0.2) is 4.98 Å². The summed E-state index contributed by atoms with van der Waals surface area (Å²) in [5.74, 6) is 0. The number of rotatable bonds is 2. The van der Waals surface area contributed by atoms with Gasteiger partial charge in [-0.05, 0) is 18.4 Å². The van der Waals surface area contributed by atoms with Crippen molar-refractivity contribution >= 4 is 34.7 Å². The Hall–Kier alpha value is -0.650. The molecule has 0 amide bonds. The van der Waals surface area contributed by atoms with Crippen molar-refractivity contribution in [2.24, 2.45) is 0 Å². The van der Waals surface area contributed by atoms with Crippen molar-refractivity contribution in [1.29, 1.82) is 0 Å². The Morgan fingerprint density at radius 1 is 1.43 bits per heavy atom. The molecular formula is C8H6ClN3S2. The first-order valence-electron chi connectivity index (χ1n) is 3.79. The van der Waals surface area contributed by atoms with Crippen molar-refractivity contribution in [2.45, 2.75) is 5.16 Å². The van der Waals surface area contributed by atoms with Crippen LogP contribution in [0.4, 0.5) is 0 Å². The molecule has 2 aromatic heterocycles. The van der Waals surface area contributed by atoms with Crippen molar-refractivity contribution in [3.8, 4) is 10.6 Å². The van der Waals surface area contributed by atoms with Gasteiger partial charge in [-0.2, -0.15) is 5.10 Å². The molecule has 0 spiro atoms. The lowest BCUT2D eigenvalue weighted by Gasteiger charge is -1.96. The summed E-state index contributed by atoms with van der Waals surface area (Å²) < 4.78 is 0.754. The number of hydrogen-bond donors (Lipinski definition) is 0. The van der Waals surface area contributed by atoms with Gasteiger partial charge >= 0.3 is 0 Å². The highest BCUT2D eigenvalue weighted by Gasteiger charge is 2.04. The maximum Gasteiger partial charge on any atom is 0.209 e. The Balaban J connectivity index is 2.41. The van der Waals surface area contributed by atoms with E-state index in [0.29, 0.717) is 5.16 Å². The van der Waals surface area contributed by atoms with Gasteiger partial charge in [0.1, 0.15) is 5.69 Å². The molecular weight excluding hydrogens is 238 g/mol. The zero-order chi connectivity index (χ0) is 9.97. The number of hydrogen-bond acceptors (Lipinski definition) is 5. The SMILES string of the molecule is CSc1nncc(-c2ccc(Cl)s2)n1. The fourth-order valence-corrected chi connectivity index (χ4v) is 2.26. The molecule has 3 nitrogen and oxygen atoms in total. The number of halogens is 1. The quantitative estimate of drug-likeness (QED) is 0.761. The molecule has 0 bridgehead atoms. The van der Waals surface area contributed by atoms with Crippen molar-refractivity contribution in [3.05, 3.63) is 22.7 Å². The summed E-state index contributed by atoms with van der Waals surface area (Å²) in [5.41, 5.74) is 0.821. The van der Waals surface area contributed by atoms with Gasteiger partial charge in [0.05, 0.1) is 15.4 Å². The van der Waals surface area contributed by atoms with Crippen molar-refractivity contribution < 1.29 is 0 Å². The fraction of sp³-hybridized carbons (Fsp3) is 0.125. The van der Waals surface area contributed by atoms with Crippen LogP contribution in [0.25, 0.3) is 10.6 Å². The molecule has 0 saturated carbocycles. The molecule has 6 heteroatoms. The topological polar surface area (TPSA) is 38.7 Å². The lowest BCUT2D eigenvalue weighted by Crippen LogP contribution is -1.90. The first kappa shape index (κ1) is 9.89. The molecule has 72 valence electrons. The molecule has 0 fully saturated rings. The second kappa shape index (κ2) is 4.25. The van der Waals surface area contributed by atoms with Gasteiger partial charge in [0, 0.05) is 0 Å². The maximum absolute atomic E-state index is 5.83. The third-order valence-electron chi connectivity index (χ3n) is 1.55. The summed E-state index contributed by atoms with van der Waals surface area (Å²) in [7, 11) is 0. The number of thiophene rings is 1. The Labute approximate surface area is 94.5 Å². The smallest absolute Gasteiger partial charge is 0.209 e. The summed E-state index contributed by atoms with van der Waals surface area (Å²) >= 11 is 8.79. The molecule has 2 rings (SSSR count). The van der Waals surface area contributed by atoms with E-state index < -0.39 is 0 Å². The molecule has 0 atom stereocenters. The molecule has 0 aliphatic carbocycles. The van der Waals surface area contributed by atoms with E-state index in [9.17, 15) is 0 Å². The third-order valence-corrected chi connectivity index (χ3v) is 3.34.